The van der Waals surface area contributed by atoms with E-state index >= 15 is 0 Å². The molecule has 0 bridgehead atoms. The molecule has 2 heterocycles. The average Bonchev–Trinajstić information content (AvgIpc) is 3.49. The van der Waals surface area contributed by atoms with E-state index in [1.165, 1.54) is 47.5 Å². The lowest BCUT2D eigenvalue weighted by Crippen LogP contribution is -2.37. The Labute approximate surface area is 234 Å². The second-order valence-corrected chi connectivity index (χ2v) is 10.9. The van der Waals surface area contributed by atoms with E-state index in [1.54, 1.807) is 66.7 Å². The Balaban J connectivity index is 1.43. The molecule has 206 valence electrons. The maximum absolute atomic E-state index is 13.9. The largest absolute Gasteiger partial charge is 0.379 e. The molecule has 2 aliphatic rings. The van der Waals surface area contributed by atoms with Crippen LogP contribution in [0, 0.1) is 16.0 Å². The molecule has 4 aromatic rings. The first-order valence-corrected chi connectivity index (χ1v) is 13.9. The Bertz CT molecular complexity index is 1750. The maximum Gasteiger partial charge on any atom is 0.339 e. The average molecular weight is 572 g/mol. The van der Waals surface area contributed by atoms with E-state index in [1.807, 2.05) is 0 Å². The van der Waals surface area contributed by atoms with Gasteiger partial charge >= 0.3 is 10.1 Å². The summed E-state index contributed by atoms with van der Waals surface area (Å²) in [6.07, 6.45) is -1.23. The van der Waals surface area contributed by atoms with Gasteiger partial charge in [-0.3, -0.25) is 24.5 Å². The topological polar surface area (TPSA) is 136 Å². The normalized spacial score (nSPS) is 20.2. The molecular weight excluding hydrogens is 550 g/mol. The van der Waals surface area contributed by atoms with Crippen LogP contribution in [0.2, 0.25) is 0 Å². The molecule has 2 saturated heterocycles. The third-order valence-electron chi connectivity index (χ3n) is 6.91. The smallest absolute Gasteiger partial charge is 0.339 e. The molecule has 12 heteroatoms. The summed E-state index contributed by atoms with van der Waals surface area (Å²) in [4.78, 5) is 45.0. The lowest BCUT2D eigenvalue weighted by atomic mass is 9.90. The van der Waals surface area contributed by atoms with E-state index in [9.17, 15) is 28.1 Å². The number of non-ortho nitro benzene ring substituents is 1. The van der Waals surface area contributed by atoms with Crippen molar-refractivity contribution in [1.29, 1.82) is 0 Å². The van der Waals surface area contributed by atoms with Gasteiger partial charge < -0.3 is 4.18 Å². The fourth-order valence-electron chi connectivity index (χ4n) is 5.06. The number of para-hydroxylation sites is 2. The zero-order valence-electron chi connectivity index (χ0n) is 21.1. The van der Waals surface area contributed by atoms with E-state index in [4.69, 9.17) is 9.02 Å². The summed E-state index contributed by atoms with van der Waals surface area (Å²) >= 11 is 0. The molecule has 0 aliphatic carbocycles. The highest BCUT2D eigenvalue weighted by atomic mass is 32.2. The van der Waals surface area contributed by atoms with Gasteiger partial charge in [0.15, 0.2) is 6.10 Å². The van der Waals surface area contributed by atoms with Crippen molar-refractivity contribution in [3.8, 4) is 5.75 Å². The highest BCUT2D eigenvalue weighted by Gasteiger charge is 2.60. The number of benzene rings is 4. The summed E-state index contributed by atoms with van der Waals surface area (Å²) < 4.78 is 31.9. The minimum Gasteiger partial charge on any atom is -0.379 e. The van der Waals surface area contributed by atoms with E-state index in [-0.39, 0.29) is 22.0 Å². The van der Waals surface area contributed by atoms with Crippen molar-refractivity contribution < 1.29 is 32.0 Å². The molecule has 0 radical (unpaired) electrons. The maximum atomic E-state index is 13.9. The zero-order chi connectivity index (χ0) is 28.7. The summed E-state index contributed by atoms with van der Waals surface area (Å²) in [5.41, 5.74) is 0.818. The van der Waals surface area contributed by atoms with Crippen molar-refractivity contribution in [2.45, 2.75) is 17.0 Å². The molecule has 41 heavy (non-hydrogen) atoms. The fourth-order valence-corrected chi connectivity index (χ4v) is 6.04. The first kappa shape index (κ1) is 26.2. The Morgan fingerprint density at radius 1 is 0.756 bits per heavy atom. The zero-order valence-corrected chi connectivity index (χ0v) is 22.0. The molecule has 0 unspecified atom stereocenters. The molecule has 0 aromatic heterocycles. The summed E-state index contributed by atoms with van der Waals surface area (Å²) in [6, 6.07) is 26.9. The van der Waals surface area contributed by atoms with Crippen molar-refractivity contribution in [2.75, 3.05) is 9.96 Å². The monoisotopic (exact) mass is 571 g/mol. The first-order valence-electron chi connectivity index (χ1n) is 12.5. The lowest BCUT2D eigenvalue weighted by molar-refractivity contribution is -0.384. The van der Waals surface area contributed by atoms with Gasteiger partial charge in [-0.05, 0) is 42.5 Å². The Hall–Kier alpha value is -5.07. The summed E-state index contributed by atoms with van der Waals surface area (Å²) in [5, 5.41) is 12.5. The summed E-state index contributed by atoms with van der Waals surface area (Å²) in [7, 11) is -4.24. The van der Waals surface area contributed by atoms with Gasteiger partial charge in [0.25, 0.3) is 11.6 Å². The number of hydrogen-bond donors (Lipinski definition) is 0. The standard InChI is InChI=1S/C29H21N3O8S/c33-28-25-26(23-13-7-8-14-24(23)40-41(37,38)22-11-5-2-6-12-22)31(20-9-3-1-4-10-20)39-27(25)29(34)30(28)19-15-17-21(18-16-19)32(35)36/h1-18,25-27H/t25-,26-,27-/m1/s1. The van der Waals surface area contributed by atoms with E-state index < -0.39 is 44.9 Å². The molecule has 2 aliphatic heterocycles. The molecule has 2 amide bonds. The van der Waals surface area contributed by atoms with Gasteiger partial charge in [-0.1, -0.05) is 54.6 Å². The Kier molecular flexibility index (Phi) is 6.48. The SMILES string of the molecule is O=C1[C@@H]2[C@@H](c3ccccc3OS(=O)(=O)c3ccccc3)N(c3ccccc3)O[C@H]2C(=O)N1c1ccc([N+](=O)[O-])cc1. The number of carbonyl (C=O) groups excluding carboxylic acids is 2. The number of nitro groups is 1. The minimum atomic E-state index is -4.24. The first-order chi connectivity index (χ1) is 19.8. The third kappa shape index (κ3) is 4.58. The van der Waals surface area contributed by atoms with Gasteiger partial charge in [-0.15, -0.1) is 0 Å². The van der Waals surface area contributed by atoms with Crippen LogP contribution in [0.1, 0.15) is 11.6 Å². The number of nitro benzene ring substituents is 1. The van der Waals surface area contributed by atoms with Crippen LogP contribution >= 0.6 is 0 Å². The molecule has 3 atom stereocenters. The number of nitrogens with zero attached hydrogens (tertiary/aromatic N) is 3. The van der Waals surface area contributed by atoms with Crippen molar-refractivity contribution >= 4 is 39.0 Å². The second kappa shape index (κ2) is 10.2. The van der Waals surface area contributed by atoms with Crippen LogP contribution < -0.4 is 14.1 Å². The number of carbonyl (C=O) groups is 2. The predicted octanol–water partition coefficient (Wildman–Crippen LogP) is 4.41. The number of hydrogen-bond acceptors (Lipinski definition) is 9. The molecule has 0 saturated carbocycles. The molecule has 4 aromatic carbocycles. The van der Waals surface area contributed by atoms with E-state index in [0.717, 1.165) is 4.90 Å². The van der Waals surface area contributed by atoms with Crippen LogP contribution in [0.25, 0.3) is 0 Å². The second-order valence-electron chi connectivity index (χ2n) is 9.33. The van der Waals surface area contributed by atoms with Crippen LogP contribution in [0.5, 0.6) is 5.75 Å². The van der Waals surface area contributed by atoms with Crippen LogP contribution in [0.3, 0.4) is 0 Å². The number of fused-ring (bicyclic) bond motifs is 1. The van der Waals surface area contributed by atoms with Gasteiger partial charge in [-0.25, -0.2) is 9.96 Å². The number of anilines is 2. The van der Waals surface area contributed by atoms with E-state index in [0.29, 0.717) is 11.3 Å². The van der Waals surface area contributed by atoms with Crippen LogP contribution in [-0.2, 0) is 24.5 Å². The van der Waals surface area contributed by atoms with Gasteiger partial charge in [0.2, 0.25) is 5.91 Å². The van der Waals surface area contributed by atoms with Gasteiger partial charge in [0, 0.05) is 17.7 Å². The van der Waals surface area contributed by atoms with Gasteiger partial charge in [0.1, 0.15) is 16.6 Å². The summed E-state index contributed by atoms with van der Waals surface area (Å²) in [5.74, 6) is -2.35. The predicted molar refractivity (Wildman–Crippen MR) is 146 cm³/mol. The van der Waals surface area contributed by atoms with Crippen LogP contribution in [0.15, 0.2) is 114 Å². The molecule has 6 rings (SSSR count). The highest BCUT2D eigenvalue weighted by Crippen LogP contribution is 2.49. The molecular formula is C29H21N3O8S. The highest BCUT2D eigenvalue weighted by molar-refractivity contribution is 7.87. The quantitative estimate of drug-likeness (QED) is 0.137. The van der Waals surface area contributed by atoms with Crippen molar-refractivity contribution in [3.05, 3.63) is 125 Å². The number of amides is 2. The molecule has 0 N–H and O–H groups in total. The van der Waals surface area contributed by atoms with Crippen molar-refractivity contribution in [2.24, 2.45) is 5.92 Å². The van der Waals surface area contributed by atoms with Gasteiger partial charge in [-0.2, -0.15) is 8.42 Å². The van der Waals surface area contributed by atoms with Gasteiger partial charge in [0.05, 0.1) is 22.3 Å². The Morgan fingerprint density at radius 3 is 2.02 bits per heavy atom. The number of hydroxylamine groups is 1. The van der Waals surface area contributed by atoms with Crippen LogP contribution in [-0.4, -0.2) is 31.3 Å². The Morgan fingerprint density at radius 2 is 1.37 bits per heavy atom. The minimum absolute atomic E-state index is 0.0273. The fraction of sp³-hybridized carbons (Fsp3) is 0.103. The number of imide groups is 1. The van der Waals surface area contributed by atoms with Crippen LogP contribution in [0.4, 0.5) is 17.1 Å². The summed E-state index contributed by atoms with van der Waals surface area (Å²) in [6.45, 7) is 0. The lowest BCUT2D eigenvalue weighted by Gasteiger charge is -2.29. The molecule has 2 fully saturated rings. The third-order valence-corrected chi connectivity index (χ3v) is 8.16. The van der Waals surface area contributed by atoms with E-state index in [2.05, 4.69) is 0 Å². The van der Waals surface area contributed by atoms with Crippen molar-refractivity contribution in [1.82, 2.24) is 0 Å². The molecule has 11 nitrogen and oxygen atoms in total. The number of rotatable bonds is 7. The molecule has 0 spiro atoms. The van der Waals surface area contributed by atoms with Crippen molar-refractivity contribution in [3.63, 3.8) is 0 Å².